The largest absolute Gasteiger partial charge is 0.508 e. The van der Waals surface area contributed by atoms with Crippen molar-refractivity contribution in [3.63, 3.8) is 0 Å². The van der Waals surface area contributed by atoms with Gasteiger partial charge in [0.15, 0.2) is 0 Å². The molecule has 0 fully saturated rings. The van der Waals surface area contributed by atoms with Crippen LogP contribution in [0.25, 0.3) is 10.8 Å². The van der Waals surface area contributed by atoms with E-state index in [0.29, 0.717) is 5.39 Å². The van der Waals surface area contributed by atoms with Crippen LogP contribution in [0, 0.1) is 12.7 Å². The van der Waals surface area contributed by atoms with Gasteiger partial charge in [0.2, 0.25) is 0 Å². The lowest BCUT2D eigenvalue weighted by molar-refractivity contribution is 0.475. The van der Waals surface area contributed by atoms with Crippen LogP contribution in [0.5, 0.6) is 5.75 Å². The first-order valence-corrected chi connectivity index (χ1v) is 6.06. The maximum Gasteiger partial charge on any atom is 0.131 e. The Balaban J connectivity index is 0.000000581. The summed E-state index contributed by atoms with van der Waals surface area (Å²) in [7, 11) is 0. The van der Waals surface area contributed by atoms with E-state index in [-0.39, 0.29) is 11.6 Å². The summed E-state index contributed by atoms with van der Waals surface area (Å²) in [4.78, 5) is 0. The summed E-state index contributed by atoms with van der Waals surface area (Å²) < 4.78 is 13.3. The van der Waals surface area contributed by atoms with Crippen LogP contribution in [0.15, 0.2) is 30.3 Å². The van der Waals surface area contributed by atoms with Crippen LogP contribution in [0.3, 0.4) is 0 Å². The monoisotopic (exact) mass is 236 g/mol. The Kier molecular flexibility index (Phi) is 6.95. The van der Waals surface area contributed by atoms with E-state index in [1.54, 1.807) is 31.2 Å². The van der Waals surface area contributed by atoms with E-state index < -0.39 is 0 Å². The number of fused-ring (bicyclic) bond motifs is 1. The lowest BCUT2D eigenvalue weighted by Gasteiger charge is -2.03. The zero-order valence-corrected chi connectivity index (χ0v) is 11.2. The van der Waals surface area contributed by atoms with Crippen molar-refractivity contribution >= 4 is 10.8 Å². The molecule has 0 aliphatic rings. The number of rotatable bonds is 0. The van der Waals surface area contributed by atoms with Crippen molar-refractivity contribution in [2.75, 3.05) is 0 Å². The summed E-state index contributed by atoms with van der Waals surface area (Å²) in [5.74, 6) is -0.0643. The lowest BCUT2D eigenvalue weighted by atomic mass is 10.0. The molecule has 2 aromatic carbocycles. The van der Waals surface area contributed by atoms with Gasteiger partial charge >= 0.3 is 0 Å². The van der Waals surface area contributed by atoms with Gasteiger partial charge in [0.05, 0.1) is 0 Å². The highest BCUT2D eigenvalue weighted by Gasteiger charge is 2.04. The fraction of sp³-hybridized carbons (Fsp3) is 0.333. The SMILES string of the molecule is CC.CC.Cc1cc(O)cc2cccc(F)c12. The van der Waals surface area contributed by atoms with Gasteiger partial charge in [-0.05, 0) is 36.1 Å². The molecule has 2 heteroatoms. The first-order valence-electron chi connectivity index (χ1n) is 6.06. The summed E-state index contributed by atoms with van der Waals surface area (Å²) in [6.07, 6.45) is 0. The maximum absolute atomic E-state index is 13.3. The predicted molar refractivity (Wildman–Crippen MR) is 73.0 cm³/mol. The number of aromatic hydroxyl groups is 1. The molecule has 0 saturated heterocycles. The van der Waals surface area contributed by atoms with Crippen LogP contribution >= 0.6 is 0 Å². The Hall–Kier alpha value is -1.57. The van der Waals surface area contributed by atoms with E-state index in [2.05, 4.69) is 0 Å². The minimum absolute atomic E-state index is 0.176. The number of benzene rings is 2. The second-order valence-electron chi connectivity index (χ2n) is 3.10. The molecule has 2 aromatic rings. The first-order chi connectivity index (χ1) is 8.18. The Morgan fingerprint density at radius 1 is 1.00 bits per heavy atom. The van der Waals surface area contributed by atoms with E-state index in [1.807, 2.05) is 27.7 Å². The second-order valence-corrected chi connectivity index (χ2v) is 3.10. The number of phenolic OH excluding ortho intramolecular Hbond substituents is 1. The lowest BCUT2D eigenvalue weighted by Crippen LogP contribution is -1.83. The molecule has 1 nitrogen and oxygen atoms in total. The van der Waals surface area contributed by atoms with Gasteiger partial charge in [-0.15, -0.1) is 0 Å². The fourth-order valence-electron chi connectivity index (χ4n) is 1.57. The summed E-state index contributed by atoms with van der Waals surface area (Å²) in [5, 5.41) is 10.6. The Bertz CT molecular complexity index is 464. The molecule has 17 heavy (non-hydrogen) atoms. The van der Waals surface area contributed by atoms with Crippen molar-refractivity contribution < 1.29 is 9.50 Å². The van der Waals surface area contributed by atoms with E-state index >= 15 is 0 Å². The molecular weight excluding hydrogens is 215 g/mol. The molecule has 0 heterocycles. The zero-order valence-electron chi connectivity index (χ0n) is 11.2. The van der Waals surface area contributed by atoms with Crippen molar-refractivity contribution in [2.24, 2.45) is 0 Å². The molecule has 0 amide bonds. The van der Waals surface area contributed by atoms with Gasteiger partial charge in [0.1, 0.15) is 11.6 Å². The Morgan fingerprint density at radius 3 is 2.18 bits per heavy atom. The molecule has 0 saturated carbocycles. The topological polar surface area (TPSA) is 20.2 Å². The minimum Gasteiger partial charge on any atom is -0.508 e. The van der Waals surface area contributed by atoms with Crippen molar-refractivity contribution in [1.29, 1.82) is 0 Å². The van der Waals surface area contributed by atoms with Crippen LogP contribution in [0.1, 0.15) is 33.3 Å². The average molecular weight is 236 g/mol. The first kappa shape index (κ1) is 15.4. The van der Waals surface area contributed by atoms with E-state index in [1.165, 1.54) is 6.07 Å². The summed E-state index contributed by atoms with van der Waals surface area (Å²) in [6.45, 7) is 9.78. The molecule has 0 spiro atoms. The van der Waals surface area contributed by atoms with Gasteiger partial charge in [-0.2, -0.15) is 0 Å². The summed E-state index contributed by atoms with van der Waals surface area (Å²) in [6, 6.07) is 7.96. The highest BCUT2D eigenvalue weighted by molar-refractivity contribution is 5.87. The van der Waals surface area contributed by atoms with Crippen molar-refractivity contribution in [3.8, 4) is 5.75 Å². The molecule has 94 valence electrons. The summed E-state index contributed by atoms with van der Waals surface area (Å²) >= 11 is 0. The highest BCUT2D eigenvalue weighted by Crippen LogP contribution is 2.25. The van der Waals surface area contributed by atoms with Crippen molar-refractivity contribution in [2.45, 2.75) is 34.6 Å². The van der Waals surface area contributed by atoms with Gasteiger partial charge in [-0.25, -0.2) is 4.39 Å². The van der Waals surface area contributed by atoms with Crippen molar-refractivity contribution in [1.82, 2.24) is 0 Å². The van der Waals surface area contributed by atoms with Crippen LogP contribution in [-0.4, -0.2) is 5.11 Å². The number of hydrogen-bond acceptors (Lipinski definition) is 1. The molecule has 0 atom stereocenters. The molecule has 2 rings (SSSR count). The number of halogens is 1. The molecule has 0 unspecified atom stereocenters. The normalized spacial score (nSPS) is 8.82. The summed E-state index contributed by atoms with van der Waals surface area (Å²) in [5.41, 5.74) is 0.758. The molecule has 0 aliphatic heterocycles. The van der Waals surface area contributed by atoms with Crippen LogP contribution in [0.2, 0.25) is 0 Å². The second kappa shape index (κ2) is 7.66. The molecule has 0 aliphatic carbocycles. The van der Waals surface area contributed by atoms with E-state index in [9.17, 15) is 9.50 Å². The van der Waals surface area contributed by atoms with Gasteiger partial charge in [0.25, 0.3) is 0 Å². The minimum atomic E-state index is -0.241. The van der Waals surface area contributed by atoms with Gasteiger partial charge < -0.3 is 5.11 Å². The number of aryl methyl sites for hydroxylation is 1. The molecule has 0 bridgehead atoms. The van der Waals surface area contributed by atoms with E-state index in [4.69, 9.17) is 0 Å². The quantitative estimate of drug-likeness (QED) is 0.679. The standard InChI is InChI=1S/C11H9FO.2C2H6/c1-7-5-9(13)6-8-3-2-4-10(12)11(7)8;2*1-2/h2-6,13H,1H3;2*1-2H3. The average Bonchev–Trinajstić information content (AvgIpc) is 2.33. The number of hydrogen-bond donors (Lipinski definition) is 1. The Labute approximate surface area is 103 Å². The van der Waals surface area contributed by atoms with Crippen LogP contribution < -0.4 is 0 Å². The molecule has 0 aromatic heterocycles. The number of phenols is 1. The zero-order chi connectivity index (χ0) is 13.4. The highest BCUT2D eigenvalue weighted by atomic mass is 19.1. The van der Waals surface area contributed by atoms with Gasteiger partial charge in [0, 0.05) is 5.39 Å². The van der Waals surface area contributed by atoms with Crippen LogP contribution in [-0.2, 0) is 0 Å². The third kappa shape index (κ3) is 3.74. The maximum atomic E-state index is 13.3. The van der Waals surface area contributed by atoms with Gasteiger partial charge in [-0.3, -0.25) is 0 Å². The Morgan fingerprint density at radius 2 is 1.59 bits per heavy atom. The third-order valence-corrected chi connectivity index (χ3v) is 2.11. The van der Waals surface area contributed by atoms with Gasteiger partial charge in [-0.1, -0.05) is 39.8 Å². The smallest absolute Gasteiger partial charge is 0.131 e. The molecule has 1 N–H and O–H groups in total. The molecule has 0 radical (unpaired) electrons. The third-order valence-electron chi connectivity index (χ3n) is 2.11. The van der Waals surface area contributed by atoms with Crippen LogP contribution in [0.4, 0.5) is 4.39 Å². The molecular formula is C15H21FO. The van der Waals surface area contributed by atoms with E-state index in [0.717, 1.165) is 10.9 Å². The van der Waals surface area contributed by atoms with Crippen molar-refractivity contribution in [3.05, 3.63) is 41.7 Å². The predicted octanol–water partition coefficient (Wildman–Crippen LogP) is 5.05. The fourth-order valence-corrected chi connectivity index (χ4v) is 1.57.